The van der Waals surface area contributed by atoms with E-state index in [-0.39, 0.29) is 42.4 Å². The molecule has 170 valence electrons. The highest BCUT2D eigenvalue weighted by atomic mass is 16.5. The van der Waals surface area contributed by atoms with E-state index >= 15 is 0 Å². The number of nitrogens with zero attached hydrogens (tertiary/aromatic N) is 3. The van der Waals surface area contributed by atoms with Crippen LogP contribution in [0.25, 0.3) is 0 Å². The largest absolute Gasteiger partial charge is 0.461 e. The normalized spacial score (nSPS) is 20.9. The van der Waals surface area contributed by atoms with Crippen LogP contribution < -0.4 is 10.2 Å². The summed E-state index contributed by atoms with van der Waals surface area (Å²) in [6.45, 7) is 7.71. The number of esters is 1. The van der Waals surface area contributed by atoms with E-state index in [0.29, 0.717) is 5.69 Å². The molecule has 0 radical (unpaired) electrons. The van der Waals surface area contributed by atoms with E-state index in [4.69, 9.17) is 4.74 Å². The van der Waals surface area contributed by atoms with Crippen LogP contribution in [0.1, 0.15) is 71.6 Å². The van der Waals surface area contributed by atoms with Crippen molar-refractivity contribution in [3.63, 3.8) is 0 Å². The highest BCUT2D eigenvalue weighted by molar-refractivity contribution is 6.12. The molecule has 0 spiro atoms. The Balaban J connectivity index is 1.80. The zero-order chi connectivity index (χ0) is 23.0. The molecule has 1 aromatic carbocycles. The van der Waals surface area contributed by atoms with Gasteiger partial charge in [-0.25, -0.2) is 4.79 Å². The number of amides is 2. The van der Waals surface area contributed by atoms with Gasteiger partial charge in [0, 0.05) is 17.8 Å². The summed E-state index contributed by atoms with van der Waals surface area (Å²) in [4.78, 5) is 41.2. The Morgan fingerprint density at radius 1 is 1.22 bits per heavy atom. The minimum Gasteiger partial charge on any atom is -0.461 e. The Bertz CT molecular complexity index is 1070. The Hall–Kier alpha value is -3.16. The Morgan fingerprint density at radius 3 is 2.62 bits per heavy atom. The number of aryl methyl sites for hydroxylation is 2. The van der Waals surface area contributed by atoms with E-state index in [9.17, 15) is 14.4 Å². The molecular formula is C24H30N4O4. The maximum atomic E-state index is 13.8. The third-order valence-electron chi connectivity index (χ3n) is 6.42. The first-order valence-corrected chi connectivity index (χ1v) is 11.2. The van der Waals surface area contributed by atoms with Gasteiger partial charge in [-0.1, -0.05) is 25.0 Å². The molecule has 4 rings (SSSR count). The number of hydrogen-bond acceptors (Lipinski definition) is 5. The quantitative estimate of drug-likeness (QED) is 0.724. The molecule has 1 saturated carbocycles. The Kier molecular flexibility index (Phi) is 5.79. The van der Waals surface area contributed by atoms with Gasteiger partial charge in [-0.2, -0.15) is 5.10 Å². The molecule has 2 aliphatic rings. The molecule has 1 aliphatic heterocycles. The van der Waals surface area contributed by atoms with Gasteiger partial charge in [-0.05, 0) is 57.7 Å². The Labute approximate surface area is 187 Å². The van der Waals surface area contributed by atoms with Crippen LogP contribution >= 0.6 is 0 Å². The van der Waals surface area contributed by atoms with Gasteiger partial charge in [0.2, 0.25) is 5.91 Å². The maximum Gasteiger partial charge on any atom is 0.358 e. The smallest absolute Gasteiger partial charge is 0.358 e. The van der Waals surface area contributed by atoms with E-state index in [1.807, 2.05) is 32.0 Å². The average Bonchev–Trinajstić information content (AvgIpc) is 3.40. The first kappa shape index (κ1) is 22.0. The zero-order valence-corrected chi connectivity index (χ0v) is 19.1. The number of carbonyl (C=O) groups is 3. The fraction of sp³-hybridized carbons (Fsp3) is 0.500. The van der Waals surface area contributed by atoms with Crippen molar-refractivity contribution in [3.8, 4) is 0 Å². The molecule has 1 aromatic heterocycles. The number of hydrogen-bond donors (Lipinski definition) is 1. The minimum absolute atomic E-state index is 0.0663. The fourth-order valence-electron chi connectivity index (χ4n) is 4.64. The second-order valence-electron chi connectivity index (χ2n) is 8.95. The molecule has 1 atom stereocenters. The molecule has 0 unspecified atom stereocenters. The van der Waals surface area contributed by atoms with Crippen LogP contribution in [0.5, 0.6) is 0 Å². The predicted molar refractivity (Wildman–Crippen MR) is 120 cm³/mol. The van der Waals surface area contributed by atoms with Crippen LogP contribution in [0, 0.1) is 13.8 Å². The highest BCUT2D eigenvalue weighted by Gasteiger charge is 2.50. The summed E-state index contributed by atoms with van der Waals surface area (Å²) >= 11 is 0. The van der Waals surface area contributed by atoms with Crippen molar-refractivity contribution in [1.29, 1.82) is 0 Å². The van der Waals surface area contributed by atoms with E-state index in [2.05, 4.69) is 10.4 Å². The van der Waals surface area contributed by atoms with Crippen molar-refractivity contribution in [3.05, 3.63) is 46.8 Å². The van der Waals surface area contributed by atoms with E-state index < -0.39 is 11.5 Å². The number of rotatable bonds is 5. The van der Waals surface area contributed by atoms with Crippen LogP contribution in [0.4, 0.5) is 5.69 Å². The van der Waals surface area contributed by atoms with Gasteiger partial charge in [-0.15, -0.1) is 0 Å². The molecule has 1 N–H and O–H groups in total. The van der Waals surface area contributed by atoms with Crippen molar-refractivity contribution in [2.75, 3.05) is 11.5 Å². The summed E-state index contributed by atoms with van der Waals surface area (Å²) < 4.78 is 6.52. The highest BCUT2D eigenvalue weighted by Crippen LogP contribution is 2.35. The predicted octanol–water partition coefficient (Wildman–Crippen LogP) is 3.15. The number of carbonyl (C=O) groups excluding carboxylic acids is 3. The van der Waals surface area contributed by atoms with E-state index in [1.165, 1.54) is 10.7 Å². The number of aromatic nitrogens is 2. The summed E-state index contributed by atoms with van der Waals surface area (Å²) in [5, 5.41) is 7.47. The van der Waals surface area contributed by atoms with Gasteiger partial charge < -0.3 is 10.1 Å². The van der Waals surface area contributed by atoms with Crippen molar-refractivity contribution in [2.24, 2.45) is 0 Å². The van der Waals surface area contributed by atoms with Gasteiger partial charge in [0.25, 0.3) is 5.91 Å². The molecule has 8 nitrogen and oxygen atoms in total. The van der Waals surface area contributed by atoms with Crippen LogP contribution in [0.3, 0.4) is 0 Å². The van der Waals surface area contributed by atoms with Gasteiger partial charge in [0.1, 0.15) is 11.2 Å². The second kappa shape index (κ2) is 8.41. The third-order valence-corrected chi connectivity index (χ3v) is 6.42. The number of nitrogens with one attached hydrogen (secondary N) is 1. The summed E-state index contributed by atoms with van der Waals surface area (Å²) in [5.41, 5.74) is 1.69. The number of ether oxygens (including phenoxy) is 1. The van der Waals surface area contributed by atoms with Crippen LogP contribution in [-0.2, 0) is 16.1 Å². The average molecular weight is 439 g/mol. The lowest BCUT2D eigenvalue weighted by atomic mass is 9.92. The van der Waals surface area contributed by atoms with Crippen molar-refractivity contribution < 1.29 is 19.1 Å². The molecule has 2 heterocycles. The molecule has 32 heavy (non-hydrogen) atoms. The SMILES string of the molecule is CCOC(=O)c1cc2n(n1)C[C@@](C)(C(=O)NC1CCCC1)N(c1cc(C)ccc1C)C2=O. The molecule has 0 bridgehead atoms. The van der Waals surface area contributed by atoms with Gasteiger partial charge >= 0.3 is 5.97 Å². The van der Waals surface area contributed by atoms with E-state index in [1.54, 1.807) is 18.7 Å². The third kappa shape index (κ3) is 3.78. The number of fused-ring (bicyclic) bond motifs is 1. The zero-order valence-electron chi connectivity index (χ0n) is 19.1. The van der Waals surface area contributed by atoms with Gasteiger partial charge in [0.15, 0.2) is 5.69 Å². The second-order valence-corrected chi connectivity index (χ2v) is 8.95. The van der Waals surface area contributed by atoms with E-state index in [0.717, 1.165) is 36.8 Å². The summed E-state index contributed by atoms with van der Waals surface area (Å²) in [6, 6.07) is 7.42. The number of benzene rings is 1. The van der Waals surface area contributed by atoms with Crippen LogP contribution in [0.2, 0.25) is 0 Å². The minimum atomic E-state index is -1.21. The molecule has 1 fully saturated rings. The topological polar surface area (TPSA) is 93.5 Å². The summed E-state index contributed by atoms with van der Waals surface area (Å²) in [5.74, 6) is -1.16. The van der Waals surface area contributed by atoms with Crippen LogP contribution in [-0.4, -0.2) is 45.8 Å². The molecule has 2 amide bonds. The van der Waals surface area contributed by atoms with Gasteiger partial charge in [-0.3, -0.25) is 19.2 Å². The van der Waals surface area contributed by atoms with Crippen molar-refractivity contribution in [2.45, 2.75) is 71.5 Å². The lowest BCUT2D eigenvalue weighted by molar-refractivity contribution is -0.127. The molecule has 0 saturated heterocycles. The lowest BCUT2D eigenvalue weighted by Gasteiger charge is -2.44. The maximum absolute atomic E-state index is 13.8. The first-order chi connectivity index (χ1) is 15.2. The molecular weight excluding hydrogens is 408 g/mol. The molecule has 8 heteroatoms. The molecule has 2 aromatic rings. The van der Waals surface area contributed by atoms with Gasteiger partial charge in [0.05, 0.1) is 13.2 Å². The monoisotopic (exact) mass is 438 g/mol. The lowest BCUT2D eigenvalue weighted by Crippen LogP contribution is -2.65. The standard InChI is InChI=1S/C24H30N4O4/c1-5-32-22(30)18-13-20-21(29)28(19-12-15(2)10-11-16(19)3)24(4,14-27(20)26-18)23(31)25-17-8-6-7-9-17/h10-13,17H,5-9,14H2,1-4H3,(H,25,31)/t24-/m0/s1. The number of anilines is 1. The van der Waals surface area contributed by atoms with Crippen molar-refractivity contribution in [1.82, 2.24) is 15.1 Å². The first-order valence-electron chi connectivity index (χ1n) is 11.2. The molecule has 1 aliphatic carbocycles. The Morgan fingerprint density at radius 2 is 1.94 bits per heavy atom. The summed E-state index contributed by atoms with van der Waals surface area (Å²) in [6.07, 6.45) is 4.07. The van der Waals surface area contributed by atoms with Crippen LogP contribution in [0.15, 0.2) is 24.3 Å². The van der Waals surface area contributed by atoms with Crippen molar-refractivity contribution >= 4 is 23.5 Å². The summed E-state index contributed by atoms with van der Waals surface area (Å²) in [7, 11) is 0. The fourth-order valence-corrected chi connectivity index (χ4v) is 4.64.